The number of hydrogen-bond donors (Lipinski definition) is 0. The second-order valence-electron chi connectivity index (χ2n) is 7.73. The minimum atomic E-state index is -0.449. The number of carbonyl (C=O) groups excluding carboxylic acids is 1. The number of benzene rings is 3. The van der Waals surface area contributed by atoms with E-state index in [0.717, 1.165) is 33.8 Å². The Morgan fingerprint density at radius 2 is 1.06 bits per heavy atom. The molecule has 0 saturated carbocycles. The first kappa shape index (κ1) is 22.8. The summed E-state index contributed by atoms with van der Waals surface area (Å²) in [4.78, 5) is 11.8. The fourth-order valence-electron chi connectivity index (χ4n) is 3.37. The van der Waals surface area contributed by atoms with Crippen LogP contribution >= 0.6 is 0 Å². The highest BCUT2D eigenvalue weighted by atomic mass is 16.5. The van der Waals surface area contributed by atoms with Crippen molar-refractivity contribution in [2.24, 2.45) is 0 Å². The van der Waals surface area contributed by atoms with Gasteiger partial charge in [0.25, 0.3) is 0 Å². The van der Waals surface area contributed by atoms with Crippen LogP contribution in [0.15, 0.2) is 101 Å². The summed E-state index contributed by atoms with van der Waals surface area (Å²) >= 11 is 0. The molecule has 0 bridgehead atoms. The molecule has 0 aliphatic rings. The monoisotopic (exact) mass is 453 g/mol. The Balaban J connectivity index is 1.76. The smallest absolute Gasteiger partial charge is 0.361 e. The molecular formula is C29H25O5+. The number of ether oxygens (including phenoxy) is 3. The minimum absolute atomic E-state index is 0.349. The van der Waals surface area contributed by atoms with Gasteiger partial charge in [-0.1, -0.05) is 18.7 Å². The third-order valence-electron chi connectivity index (χ3n) is 5.29. The van der Waals surface area contributed by atoms with Gasteiger partial charge in [-0.25, -0.2) is 9.21 Å². The molecule has 0 amide bonds. The van der Waals surface area contributed by atoms with E-state index in [0.29, 0.717) is 22.8 Å². The van der Waals surface area contributed by atoms with Crippen LogP contribution in [0.1, 0.15) is 6.92 Å². The van der Waals surface area contributed by atoms with E-state index in [4.69, 9.17) is 18.6 Å². The lowest BCUT2D eigenvalue weighted by molar-refractivity contribution is -0.130. The average Bonchev–Trinajstić information content (AvgIpc) is 2.89. The largest absolute Gasteiger partial charge is 0.497 e. The molecule has 5 nitrogen and oxygen atoms in total. The van der Waals surface area contributed by atoms with Crippen molar-refractivity contribution >= 4 is 5.97 Å². The summed E-state index contributed by atoms with van der Waals surface area (Å²) in [6, 6.07) is 26.7. The number of carbonyl (C=O) groups is 1. The number of esters is 1. The van der Waals surface area contributed by atoms with E-state index in [-0.39, 0.29) is 0 Å². The third-order valence-corrected chi connectivity index (χ3v) is 5.29. The molecule has 0 N–H and O–H groups in total. The van der Waals surface area contributed by atoms with Gasteiger partial charge in [0.05, 0.1) is 37.5 Å². The molecule has 4 aromatic rings. The Hall–Kier alpha value is -4.38. The molecule has 0 fully saturated rings. The molecule has 4 rings (SSSR count). The Bertz CT molecular complexity index is 1240. The van der Waals surface area contributed by atoms with Gasteiger partial charge < -0.3 is 14.2 Å². The minimum Gasteiger partial charge on any atom is -0.497 e. The molecular weight excluding hydrogens is 428 g/mol. The van der Waals surface area contributed by atoms with E-state index < -0.39 is 5.97 Å². The highest BCUT2D eigenvalue weighted by Gasteiger charge is 2.21. The van der Waals surface area contributed by atoms with Crippen molar-refractivity contribution in [1.29, 1.82) is 0 Å². The van der Waals surface area contributed by atoms with E-state index in [1.165, 1.54) is 0 Å². The van der Waals surface area contributed by atoms with Gasteiger partial charge in [0.1, 0.15) is 17.2 Å². The second-order valence-corrected chi connectivity index (χ2v) is 7.73. The van der Waals surface area contributed by atoms with Crippen molar-refractivity contribution in [1.82, 2.24) is 0 Å². The van der Waals surface area contributed by atoms with E-state index in [9.17, 15) is 4.79 Å². The van der Waals surface area contributed by atoms with Crippen LogP contribution < -0.4 is 14.2 Å². The molecule has 0 unspecified atom stereocenters. The summed E-state index contributed by atoms with van der Waals surface area (Å²) in [6.45, 7) is 5.23. The van der Waals surface area contributed by atoms with Crippen LogP contribution in [0.5, 0.6) is 17.2 Å². The number of methoxy groups -OCH3 is 2. The summed E-state index contributed by atoms with van der Waals surface area (Å²) in [5, 5.41) is 0. The highest BCUT2D eigenvalue weighted by Crippen LogP contribution is 2.34. The first-order valence-corrected chi connectivity index (χ1v) is 10.7. The van der Waals surface area contributed by atoms with Crippen molar-refractivity contribution in [2.75, 3.05) is 14.2 Å². The third kappa shape index (κ3) is 5.15. The molecule has 0 aliphatic heterocycles. The van der Waals surface area contributed by atoms with Gasteiger partial charge >= 0.3 is 17.5 Å². The van der Waals surface area contributed by atoms with E-state index in [1.807, 2.05) is 72.8 Å². The molecule has 0 spiro atoms. The summed E-state index contributed by atoms with van der Waals surface area (Å²) in [7, 11) is 3.28. The molecule has 0 saturated heterocycles. The normalized spacial score (nSPS) is 10.4. The summed E-state index contributed by atoms with van der Waals surface area (Å²) in [6.07, 6.45) is 0. The summed E-state index contributed by atoms with van der Waals surface area (Å²) in [5.74, 6) is 2.98. The Kier molecular flexibility index (Phi) is 6.74. The molecule has 1 heterocycles. The Labute approximate surface area is 198 Å². The maximum absolute atomic E-state index is 11.8. The Morgan fingerprint density at radius 1 is 0.647 bits per heavy atom. The molecule has 5 heteroatoms. The van der Waals surface area contributed by atoms with Crippen LogP contribution in [-0.2, 0) is 4.79 Å². The zero-order valence-corrected chi connectivity index (χ0v) is 19.3. The topological polar surface area (TPSA) is 56.1 Å². The average molecular weight is 454 g/mol. The van der Waals surface area contributed by atoms with Crippen LogP contribution in [0, 0.1) is 0 Å². The number of rotatable bonds is 7. The van der Waals surface area contributed by atoms with E-state index in [2.05, 4.69) is 6.58 Å². The zero-order chi connectivity index (χ0) is 24.1. The van der Waals surface area contributed by atoms with Crippen molar-refractivity contribution in [3.8, 4) is 51.0 Å². The fraction of sp³-hybridized carbons (Fsp3) is 0.103. The first-order valence-electron chi connectivity index (χ1n) is 10.7. The predicted octanol–water partition coefficient (Wildman–Crippen LogP) is 7.06. The van der Waals surface area contributed by atoms with Gasteiger partial charge in [0.15, 0.2) is 0 Å². The molecule has 34 heavy (non-hydrogen) atoms. The lowest BCUT2D eigenvalue weighted by atomic mass is 10.0. The highest BCUT2D eigenvalue weighted by molar-refractivity contribution is 5.88. The molecule has 1 aromatic heterocycles. The second kappa shape index (κ2) is 10.0. The molecule has 3 aromatic carbocycles. The number of hydrogen-bond acceptors (Lipinski definition) is 4. The predicted molar refractivity (Wildman–Crippen MR) is 133 cm³/mol. The van der Waals surface area contributed by atoms with Crippen molar-refractivity contribution < 1.29 is 23.4 Å². The van der Waals surface area contributed by atoms with Gasteiger partial charge in [-0.3, -0.25) is 0 Å². The quantitative estimate of drug-likeness (QED) is 0.130. The van der Waals surface area contributed by atoms with E-state index in [1.54, 1.807) is 33.3 Å². The van der Waals surface area contributed by atoms with E-state index >= 15 is 0 Å². The van der Waals surface area contributed by atoms with Gasteiger partial charge in [-0.05, 0) is 73.2 Å². The SMILES string of the molecule is C=C(C)C(=O)Oc1ccc(-c2cc(-c3ccc(OC)cc3)[o+]c(-c3ccc(OC)cc3)c2)cc1. The lowest BCUT2D eigenvalue weighted by Gasteiger charge is -2.06. The Morgan fingerprint density at radius 3 is 1.47 bits per heavy atom. The van der Waals surface area contributed by atoms with Crippen LogP contribution in [0.4, 0.5) is 0 Å². The van der Waals surface area contributed by atoms with Crippen LogP contribution in [0.3, 0.4) is 0 Å². The molecule has 0 atom stereocenters. The standard InChI is InChI=1S/C29H25O5/c1-19(2)29(30)33-26-15-5-20(6-16-26)23-17-27(21-7-11-24(31-3)12-8-21)34-28(18-23)22-9-13-25(32-4)14-10-22/h5-18H,1H2,2-4H3/q+1. The first-order chi connectivity index (χ1) is 16.5. The van der Waals surface area contributed by atoms with Crippen LogP contribution in [0.2, 0.25) is 0 Å². The molecule has 0 radical (unpaired) electrons. The van der Waals surface area contributed by atoms with Gasteiger partial charge in [0, 0.05) is 11.1 Å². The lowest BCUT2D eigenvalue weighted by Crippen LogP contribution is -2.07. The van der Waals surface area contributed by atoms with Crippen LogP contribution in [-0.4, -0.2) is 20.2 Å². The fourth-order valence-corrected chi connectivity index (χ4v) is 3.37. The van der Waals surface area contributed by atoms with Gasteiger partial charge in [-0.2, -0.15) is 0 Å². The molecule has 0 aliphatic carbocycles. The summed E-state index contributed by atoms with van der Waals surface area (Å²) in [5.41, 5.74) is 4.10. The molecule has 170 valence electrons. The van der Waals surface area contributed by atoms with Crippen LogP contribution in [0.25, 0.3) is 33.8 Å². The maximum Gasteiger partial charge on any atom is 0.361 e. The summed E-state index contributed by atoms with van der Waals surface area (Å²) < 4.78 is 22.2. The van der Waals surface area contributed by atoms with Gasteiger partial charge in [0.2, 0.25) is 0 Å². The van der Waals surface area contributed by atoms with Gasteiger partial charge in [-0.15, -0.1) is 0 Å². The maximum atomic E-state index is 11.8. The van der Waals surface area contributed by atoms with Crippen molar-refractivity contribution in [3.63, 3.8) is 0 Å². The van der Waals surface area contributed by atoms with Crippen molar-refractivity contribution in [3.05, 3.63) is 97.1 Å². The zero-order valence-electron chi connectivity index (χ0n) is 19.3. The van der Waals surface area contributed by atoms with Crippen molar-refractivity contribution in [2.45, 2.75) is 6.92 Å².